The number of nitrogens with one attached hydrogen (secondary N) is 2. The smallest absolute Gasteiger partial charge is 0.419 e. The van der Waals surface area contributed by atoms with Crippen molar-refractivity contribution in [3.05, 3.63) is 59.6 Å². The molecule has 2 N–H and O–H groups in total. The number of hydrogen-bond acceptors (Lipinski definition) is 8. The van der Waals surface area contributed by atoms with Gasteiger partial charge in [-0.1, -0.05) is 19.1 Å². The lowest BCUT2D eigenvalue weighted by molar-refractivity contribution is -0.141. The maximum atomic E-state index is 13.7. The standard InChI is InChI=1S/C30H33F6N7O3/c1-19-6-4-11-43(18-19)28-40-26(30(34,35)36)25(46-28)23(44)17-37-20-9-10-24(38-16-20)41-12-5-13-42(15-14-41)27(45)39-22-8-3-2-7-21(22)29(31,32)33/h2-3,7-10,16,19,37H,4-6,11-15,17-18H2,1H3,(H,39,45). The largest absolute Gasteiger partial charge is 0.437 e. The average Bonchev–Trinajstić information content (AvgIpc) is 3.33. The molecule has 1 atom stereocenters. The molecule has 16 heteroatoms. The first-order valence-electron chi connectivity index (χ1n) is 14.8. The molecule has 2 amide bonds. The first-order chi connectivity index (χ1) is 21.8. The summed E-state index contributed by atoms with van der Waals surface area (Å²) in [5, 5.41) is 5.14. The number of carbonyl (C=O) groups is 2. The fourth-order valence-corrected chi connectivity index (χ4v) is 5.51. The van der Waals surface area contributed by atoms with Gasteiger partial charge >= 0.3 is 18.4 Å². The second-order valence-electron chi connectivity index (χ2n) is 11.3. The third-order valence-electron chi connectivity index (χ3n) is 7.85. The number of halogens is 6. The maximum Gasteiger partial charge on any atom is 0.437 e. The Bertz CT molecular complexity index is 1530. The number of aromatic nitrogens is 2. The first kappa shape index (κ1) is 32.9. The van der Waals surface area contributed by atoms with E-state index < -0.39 is 47.7 Å². The molecular formula is C30H33F6N7O3. The van der Waals surface area contributed by atoms with E-state index in [4.69, 9.17) is 4.42 Å². The molecule has 0 spiro atoms. The van der Waals surface area contributed by atoms with Crippen molar-refractivity contribution in [2.75, 3.05) is 66.2 Å². The Labute approximate surface area is 260 Å². The minimum Gasteiger partial charge on any atom is -0.419 e. The number of para-hydroxylation sites is 1. The molecule has 3 aromatic rings. The Morgan fingerprint density at radius 1 is 0.935 bits per heavy atom. The molecular weight excluding hydrogens is 620 g/mol. The zero-order chi connectivity index (χ0) is 33.1. The summed E-state index contributed by atoms with van der Waals surface area (Å²) in [6.07, 6.45) is -5.79. The van der Waals surface area contributed by atoms with E-state index in [0.29, 0.717) is 50.6 Å². The summed E-state index contributed by atoms with van der Waals surface area (Å²) >= 11 is 0. The Kier molecular flexibility index (Phi) is 9.63. The van der Waals surface area contributed by atoms with Crippen molar-refractivity contribution in [1.82, 2.24) is 14.9 Å². The van der Waals surface area contributed by atoms with Crippen molar-refractivity contribution in [1.29, 1.82) is 0 Å². The predicted octanol–water partition coefficient (Wildman–Crippen LogP) is 6.38. The van der Waals surface area contributed by atoms with Gasteiger partial charge in [-0.2, -0.15) is 31.3 Å². The first-order valence-corrected chi connectivity index (χ1v) is 14.8. The zero-order valence-electron chi connectivity index (χ0n) is 24.9. The fraction of sp³-hybridized carbons (Fsp3) is 0.467. The number of Topliss-reactive ketones (excluding diaryl/α,β-unsaturated/α-hetero) is 1. The average molecular weight is 654 g/mol. The van der Waals surface area contributed by atoms with E-state index in [-0.39, 0.29) is 24.2 Å². The van der Waals surface area contributed by atoms with Gasteiger partial charge in [0.1, 0.15) is 5.82 Å². The zero-order valence-corrected chi connectivity index (χ0v) is 24.9. The minimum atomic E-state index is -4.87. The van der Waals surface area contributed by atoms with Crippen molar-refractivity contribution in [2.24, 2.45) is 5.92 Å². The number of alkyl halides is 6. The van der Waals surface area contributed by atoms with Gasteiger partial charge in [0.25, 0.3) is 6.01 Å². The highest BCUT2D eigenvalue weighted by molar-refractivity contribution is 5.98. The summed E-state index contributed by atoms with van der Waals surface area (Å²) in [4.78, 5) is 38.6. The number of pyridine rings is 1. The number of nitrogens with zero attached hydrogens (tertiary/aromatic N) is 5. The van der Waals surface area contributed by atoms with Crippen LogP contribution in [-0.4, -0.2) is 72.5 Å². The number of piperidine rings is 1. The van der Waals surface area contributed by atoms with Crippen LogP contribution in [0.3, 0.4) is 0 Å². The number of hydrogen-bond donors (Lipinski definition) is 2. The molecule has 0 bridgehead atoms. The van der Waals surface area contributed by atoms with E-state index in [1.165, 1.54) is 29.3 Å². The normalized spacial score (nSPS) is 17.9. The van der Waals surface area contributed by atoms with E-state index in [9.17, 15) is 35.9 Å². The molecule has 0 aliphatic carbocycles. The van der Waals surface area contributed by atoms with Crippen molar-refractivity contribution >= 4 is 35.0 Å². The lowest BCUT2D eigenvalue weighted by atomic mass is 10.0. The summed E-state index contributed by atoms with van der Waals surface area (Å²) in [5.74, 6) is -0.952. The van der Waals surface area contributed by atoms with Gasteiger partial charge in [-0.25, -0.2) is 9.78 Å². The lowest BCUT2D eigenvalue weighted by Crippen LogP contribution is -2.38. The number of oxazole rings is 1. The molecule has 248 valence electrons. The van der Waals surface area contributed by atoms with Crippen LogP contribution in [0, 0.1) is 5.92 Å². The van der Waals surface area contributed by atoms with Gasteiger partial charge in [0.05, 0.1) is 29.7 Å². The number of carbonyl (C=O) groups excluding carboxylic acids is 2. The summed E-state index contributed by atoms with van der Waals surface area (Å²) in [5.41, 5.74) is -2.22. The Morgan fingerprint density at radius 3 is 2.39 bits per heavy atom. The molecule has 0 radical (unpaired) electrons. The van der Waals surface area contributed by atoms with Crippen LogP contribution in [0.4, 0.5) is 54.3 Å². The summed E-state index contributed by atoms with van der Waals surface area (Å²) in [7, 11) is 0. The van der Waals surface area contributed by atoms with Gasteiger partial charge in [-0.15, -0.1) is 0 Å². The third-order valence-corrected chi connectivity index (χ3v) is 7.85. The van der Waals surface area contributed by atoms with Crippen molar-refractivity contribution in [2.45, 2.75) is 38.5 Å². The van der Waals surface area contributed by atoms with E-state index in [1.54, 1.807) is 17.0 Å². The number of urea groups is 1. The van der Waals surface area contributed by atoms with Crippen LogP contribution in [-0.2, 0) is 12.4 Å². The Hall–Kier alpha value is -4.50. The van der Waals surface area contributed by atoms with Crippen LogP contribution in [0.1, 0.15) is 48.0 Å². The second kappa shape index (κ2) is 13.5. The van der Waals surface area contributed by atoms with Crippen molar-refractivity contribution in [3.8, 4) is 0 Å². The molecule has 5 rings (SSSR count). The van der Waals surface area contributed by atoms with Gasteiger partial charge in [0, 0.05) is 39.3 Å². The molecule has 10 nitrogen and oxygen atoms in total. The van der Waals surface area contributed by atoms with Crippen LogP contribution in [0.25, 0.3) is 0 Å². The molecule has 2 saturated heterocycles. The fourth-order valence-electron chi connectivity index (χ4n) is 5.51. The lowest BCUT2D eigenvalue weighted by Gasteiger charge is -2.29. The molecule has 2 aromatic heterocycles. The third kappa shape index (κ3) is 7.83. The molecule has 0 saturated carbocycles. The van der Waals surface area contributed by atoms with Gasteiger partial charge in [0.2, 0.25) is 11.5 Å². The summed E-state index contributed by atoms with van der Waals surface area (Å²) in [6, 6.07) is 7.18. The predicted molar refractivity (Wildman–Crippen MR) is 158 cm³/mol. The number of amides is 2. The molecule has 4 heterocycles. The maximum absolute atomic E-state index is 13.7. The quantitative estimate of drug-likeness (QED) is 0.224. The van der Waals surface area contributed by atoms with Crippen LogP contribution in [0.15, 0.2) is 47.0 Å². The minimum absolute atomic E-state index is 0.215. The number of ketones is 1. The topological polar surface area (TPSA) is 107 Å². The molecule has 46 heavy (non-hydrogen) atoms. The number of rotatable bonds is 7. The SMILES string of the molecule is CC1CCCN(c2nc(C(F)(F)F)c(C(=O)CNc3ccc(N4CCCN(C(=O)Nc5ccccc5C(F)(F)F)CC4)nc3)o2)C1. The van der Waals surface area contributed by atoms with E-state index in [0.717, 1.165) is 18.9 Å². The highest BCUT2D eigenvalue weighted by Gasteiger charge is 2.42. The number of benzene rings is 1. The van der Waals surface area contributed by atoms with E-state index in [2.05, 4.69) is 20.6 Å². The van der Waals surface area contributed by atoms with Crippen molar-refractivity contribution in [3.63, 3.8) is 0 Å². The van der Waals surface area contributed by atoms with Gasteiger partial charge in [0.15, 0.2) is 5.69 Å². The molecule has 1 unspecified atom stereocenters. The van der Waals surface area contributed by atoms with Gasteiger partial charge in [-0.05, 0) is 49.4 Å². The van der Waals surface area contributed by atoms with Gasteiger partial charge < -0.3 is 29.8 Å². The Balaban J connectivity index is 1.17. The number of anilines is 4. The highest BCUT2D eigenvalue weighted by Crippen LogP contribution is 2.36. The second-order valence-corrected chi connectivity index (χ2v) is 11.3. The van der Waals surface area contributed by atoms with Gasteiger partial charge in [-0.3, -0.25) is 4.79 Å². The molecule has 1 aromatic carbocycles. The highest BCUT2D eigenvalue weighted by atomic mass is 19.4. The van der Waals surface area contributed by atoms with Crippen LogP contribution in [0.2, 0.25) is 0 Å². The van der Waals surface area contributed by atoms with Crippen LogP contribution in [0.5, 0.6) is 0 Å². The Morgan fingerprint density at radius 2 is 1.70 bits per heavy atom. The summed E-state index contributed by atoms with van der Waals surface area (Å²) in [6.45, 7) is 3.90. The van der Waals surface area contributed by atoms with Crippen molar-refractivity contribution < 1.29 is 40.3 Å². The van der Waals surface area contributed by atoms with E-state index >= 15 is 0 Å². The monoisotopic (exact) mass is 653 g/mol. The summed E-state index contributed by atoms with van der Waals surface area (Å²) < 4.78 is 86.5. The van der Waals surface area contributed by atoms with Crippen LogP contribution < -0.4 is 20.4 Å². The molecule has 2 fully saturated rings. The molecule has 2 aliphatic heterocycles. The van der Waals surface area contributed by atoms with Crippen LogP contribution >= 0.6 is 0 Å². The van der Waals surface area contributed by atoms with E-state index in [1.807, 2.05) is 11.8 Å². The molecule has 2 aliphatic rings.